The van der Waals surface area contributed by atoms with Gasteiger partial charge in [-0.05, 0) is 5.56 Å². The first-order valence-electron chi connectivity index (χ1n) is 6.96. The van der Waals surface area contributed by atoms with E-state index in [0.29, 0.717) is 19.0 Å². The molecule has 6 heteroatoms. The quantitative estimate of drug-likeness (QED) is 0.822. The largest absolute Gasteiger partial charge is 0.460 e. The molecule has 6 nitrogen and oxygen atoms in total. The third-order valence-electron chi connectivity index (χ3n) is 3.64. The van der Waals surface area contributed by atoms with E-state index < -0.39 is 0 Å². The van der Waals surface area contributed by atoms with Crippen LogP contribution in [0.1, 0.15) is 16.8 Å². The Bertz CT molecular complexity index is 624. The van der Waals surface area contributed by atoms with Crippen molar-refractivity contribution in [1.29, 1.82) is 0 Å². The minimum atomic E-state index is -0.218. The normalized spacial score (nSPS) is 14.7. The fourth-order valence-electron chi connectivity index (χ4n) is 2.47. The monoisotopic (exact) mass is 286 g/mol. The van der Waals surface area contributed by atoms with E-state index in [2.05, 4.69) is 10.2 Å². The molecule has 1 aliphatic heterocycles. The molecule has 0 unspecified atom stereocenters. The second kappa shape index (κ2) is 5.97. The highest BCUT2D eigenvalue weighted by molar-refractivity contribution is 5.71. The minimum Gasteiger partial charge on any atom is -0.460 e. The molecule has 3 rings (SSSR count). The maximum atomic E-state index is 11.9. The van der Waals surface area contributed by atoms with Crippen molar-refractivity contribution < 1.29 is 9.53 Å². The Morgan fingerprint density at radius 1 is 1.38 bits per heavy atom. The number of nitrogens with two attached hydrogens (primary N) is 1. The van der Waals surface area contributed by atoms with Gasteiger partial charge in [0.1, 0.15) is 12.4 Å². The number of esters is 1. The molecule has 0 fully saturated rings. The van der Waals surface area contributed by atoms with Gasteiger partial charge in [-0.15, -0.1) is 0 Å². The predicted octanol–water partition coefficient (Wildman–Crippen LogP) is 1.09. The summed E-state index contributed by atoms with van der Waals surface area (Å²) in [6.45, 7) is 2.02. The molecule has 0 saturated carbocycles. The van der Waals surface area contributed by atoms with Crippen LogP contribution >= 0.6 is 0 Å². The molecule has 0 amide bonds. The van der Waals surface area contributed by atoms with Crippen molar-refractivity contribution in [2.45, 2.75) is 19.6 Å². The second-order valence-corrected chi connectivity index (χ2v) is 5.17. The van der Waals surface area contributed by atoms with Gasteiger partial charge in [0.05, 0.1) is 6.54 Å². The fraction of sp³-hybridized carbons (Fsp3) is 0.333. The van der Waals surface area contributed by atoms with Crippen molar-refractivity contribution in [2.24, 2.45) is 0 Å². The highest BCUT2D eigenvalue weighted by Crippen LogP contribution is 2.21. The van der Waals surface area contributed by atoms with E-state index in [1.54, 1.807) is 0 Å². The predicted molar refractivity (Wildman–Crippen MR) is 78.2 cm³/mol. The van der Waals surface area contributed by atoms with Gasteiger partial charge in [-0.25, -0.2) is 0 Å². The first-order chi connectivity index (χ1) is 10.2. The number of fused-ring (bicyclic) bond motifs is 1. The van der Waals surface area contributed by atoms with Gasteiger partial charge < -0.3 is 10.5 Å². The molecule has 0 saturated heterocycles. The zero-order chi connectivity index (χ0) is 14.7. The van der Waals surface area contributed by atoms with Crippen molar-refractivity contribution in [1.82, 2.24) is 15.1 Å². The van der Waals surface area contributed by atoms with Crippen LogP contribution in [0, 0.1) is 0 Å². The van der Waals surface area contributed by atoms with Crippen LogP contribution in [0.25, 0.3) is 0 Å². The number of nitrogens with zero attached hydrogens (tertiary/aromatic N) is 2. The van der Waals surface area contributed by atoms with Gasteiger partial charge in [0.15, 0.2) is 0 Å². The lowest BCUT2D eigenvalue weighted by Gasteiger charge is -2.25. The van der Waals surface area contributed by atoms with Crippen LogP contribution in [0.2, 0.25) is 0 Å². The molecular weight excluding hydrogens is 268 g/mol. The van der Waals surface area contributed by atoms with Crippen molar-refractivity contribution in [2.75, 3.05) is 18.8 Å². The molecule has 0 atom stereocenters. The standard InChI is InChI=1S/C15H18N4O2/c16-15-12-8-19(7-6-13(12)17-18-15)9-14(20)21-10-11-4-2-1-3-5-11/h1-5H,6-10H2,(H3,16,17,18). The number of aromatic nitrogens is 2. The van der Waals surface area contributed by atoms with Crippen molar-refractivity contribution in [3.8, 4) is 0 Å². The molecule has 1 aliphatic rings. The Hall–Kier alpha value is -2.34. The highest BCUT2D eigenvalue weighted by atomic mass is 16.5. The number of rotatable bonds is 4. The average Bonchev–Trinajstić information content (AvgIpc) is 2.87. The van der Waals surface area contributed by atoms with E-state index in [1.165, 1.54) is 0 Å². The molecule has 1 aromatic carbocycles. The van der Waals surface area contributed by atoms with Gasteiger partial charge in [-0.1, -0.05) is 30.3 Å². The summed E-state index contributed by atoms with van der Waals surface area (Å²) in [6.07, 6.45) is 0.825. The molecule has 21 heavy (non-hydrogen) atoms. The summed E-state index contributed by atoms with van der Waals surface area (Å²) in [4.78, 5) is 13.9. The number of carbonyl (C=O) groups excluding carboxylic acids is 1. The zero-order valence-electron chi connectivity index (χ0n) is 11.7. The molecule has 2 aromatic rings. The molecule has 0 aliphatic carbocycles. The van der Waals surface area contributed by atoms with E-state index in [1.807, 2.05) is 35.2 Å². The molecule has 110 valence electrons. The third kappa shape index (κ3) is 3.22. The summed E-state index contributed by atoms with van der Waals surface area (Å²) in [5.74, 6) is 0.303. The molecule has 3 N–H and O–H groups in total. The number of anilines is 1. The molecule has 0 spiro atoms. The summed E-state index contributed by atoms with van der Waals surface area (Å²) in [5.41, 5.74) is 8.86. The number of hydrogen-bond donors (Lipinski definition) is 2. The number of aromatic amines is 1. The lowest BCUT2D eigenvalue weighted by Crippen LogP contribution is -2.35. The Balaban J connectivity index is 1.51. The lowest BCUT2D eigenvalue weighted by molar-refractivity contribution is -0.146. The number of ether oxygens (including phenoxy) is 1. The first kappa shape index (κ1) is 13.6. The molecule has 2 heterocycles. The molecule has 0 radical (unpaired) electrons. The van der Waals surface area contributed by atoms with Crippen LogP contribution in [0.3, 0.4) is 0 Å². The van der Waals surface area contributed by atoms with E-state index in [9.17, 15) is 4.79 Å². The summed E-state index contributed by atoms with van der Waals surface area (Å²) < 4.78 is 5.30. The number of H-pyrrole nitrogens is 1. The zero-order valence-corrected chi connectivity index (χ0v) is 11.7. The van der Waals surface area contributed by atoms with Crippen molar-refractivity contribution in [3.05, 3.63) is 47.2 Å². The number of benzene rings is 1. The van der Waals surface area contributed by atoms with Crippen LogP contribution in [0.4, 0.5) is 5.82 Å². The van der Waals surface area contributed by atoms with Crippen molar-refractivity contribution in [3.63, 3.8) is 0 Å². The van der Waals surface area contributed by atoms with Crippen LogP contribution < -0.4 is 5.73 Å². The smallest absolute Gasteiger partial charge is 0.320 e. The van der Waals surface area contributed by atoms with Gasteiger partial charge in [0, 0.05) is 30.8 Å². The van der Waals surface area contributed by atoms with Crippen molar-refractivity contribution >= 4 is 11.8 Å². The molecular formula is C15H18N4O2. The first-order valence-corrected chi connectivity index (χ1v) is 6.96. The van der Waals surface area contributed by atoms with Gasteiger partial charge >= 0.3 is 5.97 Å². The lowest BCUT2D eigenvalue weighted by atomic mass is 10.1. The number of carbonyl (C=O) groups is 1. The average molecular weight is 286 g/mol. The number of nitrogens with one attached hydrogen (secondary N) is 1. The van der Waals surface area contributed by atoms with E-state index in [4.69, 9.17) is 10.5 Å². The summed E-state index contributed by atoms with van der Waals surface area (Å²) in [7, 11) is 0. The molecule has 1 aromatic heterocycles. The summed E-state index contributed by atoms with van der Waals surface area (Å²) >= 11 is 0. The van der Waals surface area contributed by atoms with Gasteiger partial charge in [0.25, 0.3) is 0 Å². The Kier molecular flexibility index (Phi) is 3.87. The number of nitrogen functional groups attached to an aromatic ring is 1. The van der Waals surface area contributed by atoms with Crippen LogP contribution in [0.5, 0.6) is 0 Å². The minimum absolute atomic E-state index is 0.218. The third-order valence-corrected chi connectivity index (χ3v) is 3.64. The Labute approximate surface area is 122 Å². The van der Waals surface area contributed by atoms with Gasteiger partial charge in [-0.2, -0.15) is 5.10 Å². The van der Waals surface area contributed by atoms with E-state index >= 15 is 0 Å². The summed E-state index contributed by atoms with van der Waals surface area (Å²) in [5, 5.41) is 6.93. The van der Waals surface area contributed by atoms with Crippen LogP contribution in [-0.2, 0) is 29.1 Å². The fourth-order valence-corrected chi connectivity index (χ4v) is 2.47. The maximum Gasteiger partial charge on any atom is 0.320 e. The van der Waals surface area contributed by atoms with E-state index in [0.717, 1.165) is 29.8 Å². The highest BCUT2D eigenvalue weighted by Gasteiger charge is 2.22. The van der Waals surface area contributed by atoms with Gasteiger partial charge in [-0.3, -0.25) is 14.8 Å². The second-order valence-electron chi connectivity index (χ2n) is 5.17. The maximum absolute atomic E-state index is 11.9. The topological polar surface area (TPSA) is 84.2 Å². The van der Waals surface area contributed by atoms with Gasteiger partial charge in [0.2, 0.25) is 0 Å². The van der Waals surface area contributed by atoms with Crippen LogP contribution in [-0.4, -0.2) is 34.2 Å². The molecule has 0 bridgehead atoms. The van der Waals surface area contributed by atoms with Crippen LogP contribution in [0.15, 0.2) is 30.3 Å². The number of hydrogen-bond acceptors (Lipinski definition) is 5. The Morgan fingerprint density at radius 2 is 2.19 bits per heavy atom. The summed E-state index contributed by atoms with van der Waals surface area (Å²) in [6, 6.07) is 9.67. The SMILES string of the molecule is Nc1n[nH]c2c1CN(CC(=O)OCc1ccccc1)CC2. The van der Waals surface area contributed by atoms with E-state index in [-0.39, 0.29) is 12.5 Å². The Morgan fingerprint density at radius 3 is 3.00 bits per heavy atom.